The lowest BCUT2D eigenvalue weighted by molar-refractivity contribution is -0.274. The number of nitrogens with one attached hydrogen (secondary N) is 1. The van der Waals surface area contributed by atoms with Gasteiger partial charge < -0.3 is 10.1 Å². The van der Waals surface area contributed by atoms with E-state index in [1.807, 2.05) is 6.92 Å². The molecule has 2 rings (SSSR count). The van der Waals surface area contributed by atoms with Crippen LogP contribution in [-0.2, 0) is 0 Å². The van der Waals surface area contributed by atoms with Crippen LogP contribution in [0.25, 0.3) is 0 Å². The zero-order chi connectivity index (χ0) is 14.8. The third-order valence-electron chi connectivity index (χ3n) is 4.10. The van der Waals surface area contributed by atoms with Crippen LogP contribution < -0.4 is 10.1 Å². The number of hydrogen-bond donors (Lipinski definition) is 1. The molecule has 1 fully saturated rings. The molecular formula is C15H20F3NO. The van der Waals surface area contributed by atoms with E-state index in [4.69, 9.17) is 0 Å². The van der Waals surface area contributed by atoms with Crippen LogP contribution in [0, 0.1) is 5.41 Å². The minimum Gasteiger partial charge on any atom is -0.406 e. The Labute approximate surface area is 117 Å². The molecule has 0 heterocycles. The number of rotatable bonds is 6. The molecular weight excluding hydrogens is 267 g/mol. The van der Waals surface area contributed by atoms with Gasteiger partial charge in [0.25, 0.3) is 0 Å². The fourth-order valence-corrected chi connectivity index (χ4v) is 2.28. The Morgan fingerprint density at radius 1 is 1.25 bits per heavy atom. The van der Waals surface area contributed by atoms with Crippen LogP contribution in [0.2, 0.25) is 0 Å². The predicted molar refractivity (Wildman–Crippen MR) is 71.5 cm³/mol. The summed E-state index contributed by atoms with van der Waals surface area (Å²) in [5.41, 5.74) is 1.42. The van der Waals surface area contributed by atoms with Crippen molar-refractivity contribution in [1.82, 2.24) is 5.32 Å². The summed E-state index contributed by atoms with van der Waals surface area (Å²) in [6, 6.07) is 6.18. The van der Waals surface area contributed by atoms with Crippen LogP contribution in [0.1, 0.15) is 44.7 Å². The minimum atomic E-state index is -4.63. The molecule has 0 aliphatic heterocycles. The molecule has 1 N–H and O–H groups in total. The highest BCUT2D eigenvalue weighted by Gasteiger charge is 2.40. The smallest absolute Gasteiger partial charge is 0.406 e. The summed E-state index contributed by atoms with van der Waals surface area (Å²) in [5, 5.41) is 3.46. The summed E-state index contributed by atoms with van der Waals surface area (Å²) in [7, 11) is 0. The molecule has 20 heavy (non-hydrogen) atoms. The van der Waals surface area contributed by atoms with Gasteiger partial charge in [-0.1, -0.05) is 19.1 Å². The first-order valence-corrected chi connectivity index (χ1v) is 6.93. The third kappa shape index (κ3) is 4.13. The van der Waals surface area contributed by atoms with Gasteiger partial charge in [-0.2, -0.15) is 0 Å². The van der Waals surface area contributed by atoms with E-state index in [0.717, 1.165) is 12.1 Å². The quantitative estimate of drug-likeness (QED) is 0.836. The van der Waals surface area contributed by atoms with E-state index < -0.39 is 6.36 Å². The highest BCUT2D eigenvalue weighted by Crippen LogP contribution is 2.48. The van der Waals surface area contributed by atoms with E-state index in [1.54, 1.807) is 12.1 Å². The first-order valence-electron chi connectivity index (χ1n) is 6.93. The molecule has 0 saturated heterocycles. The van der Waals surface area contributed by atoms with Gasteiger partial charge in [0.2, 0.25) is 0 Å². The topological polar surface area (TPSA) is 21.3 Å². The van der Waals surface area contributed by atoms with Crippen molar-refractivity contribution in [3.63, 3.8) is 0 Å². The number of halogens is 3. The number of ether oxygens (including phenoxy) is 1. The molecule has 1 aromatic carbocycles. The molecule has 0 bridgehead atoms. The molecule has 0 amide bonds. The van der Waals surface area contributed by atoms with Gasteiger partial charge in [0, 0.05) is 12.6 Å². The maximum Gasteiger partial charge on any atom is 0.573 e. The molecule has 0 aromatic heterocycles. The lowest BCUT2D eigenvalue weighted by atomic mass is 10.0. The van der Waals surface area contributed by atoms with Crippen molar-refractivity contribution in [2.75, 3.05) is 6.54 Å². The molecule has 1 aromatic rings. The van der Waals surface area contributed by atoms with Gasteiger partial charge in [-0.15, -0.1) is 13.2 Å². The minimum absolute atomic E-state index is 0.124. The summed E-state index contributed by atoms with van der Waals surface area (Å²) in [6.07, 6.45) is -0.931. The van der Waals surface area contributed by atoms with Crippen molar-refractivity contribution in [2.45, 2.75) is 45.5 Å². The van der Waals surface area contributed by atoms with Gasteiger partial charge in [0.05, 0.1) is 0 Å². The Balaban J connectivity index is 1.89. The molecule has 1 atom stereocenters. The summed E-state index contributed by atoms with van der Waals surface area (Å²) < 4.78 is 40.0. The van der Waals surface area contributed by atoms with Crippen molar-refractivity contribution in [2.24, 2.45) is 5.41 Å². The fraction of sp³-hybridized carbons (Fsp3) is 0.600. The summed E-state index contributed by atoms with van der Waals surface area (Å²) in [5.74, 6) is -0.180. The average molecular weight is 287 g/mol. The molecule has 0 radical (unpaired) electrons. The number of benzene rings is 1. The van der Waals surface area contributed by atoms with Gasteiger partial charge >= 0.3 is 6.36 Å². The molecule has 5 heteroatoms. The second-order valence-electron chi connectivity index (χ2n) is 5.57. The Kier molecular flexibility index (Phi) is 4.28. The highest BCUT2D eigenvalue weighted by molar-refractivity contribution is 5.29. The first-order chi connectivity index (χ1) is 9.34. The summed E-state index contributed by atoms with van der Waals surface area (Å²) in [4.78, 5) is 0. The molecule has 2 nitrogen and oxygen atoms in total. The van der Waals surface area contributed by atoms with Crippen LogP contribution in [0.15, 0.2) is 24.3 Å². The van der Waals surface area contributed by atoms with Crippen LogP contribution in [0.5, 0.6) is 5.75 Å². The predicted octanol–water partition coefficient (Wildman–Crippen LogP) is 4.43. The first kappa shape index (κ1) is 15.2. The van der Waals surface area contributed by atoms with Crippen molar-refractivity contribution in [1.29, 1.82) is 0 Å². The van der Waals surface area contributed by atoms with Crippen LogP contribution in [0.4, 0.5) is 13.2 Å². The highest BCUT2D eigenvalue weighted by atomic mass is 19.4. The van der Waals surface area contributed by atoms with E-state index >= 15 is 0 Å². The fourth-order valence-electron chi connectivity index (χ4n) is 2.28. The molecule has 1 aliphatic rings. The van der Waals surface area contributed by atoms with Gasteiger partial charge in [0.1, 0.15) is 5.75 Å². The summed E-state index contributed by atoms with van der Waals surface area (Å²) in [6.45, 7) is 5.18. The number of hydrogen-bond acceptors (Lipinski definition) is 2. The zero-order valence-corrected chi connectivity index (χ0v) is 11.8. The molecule has 112 valence electrons. The van der Waals surface area contributed by atoms with Crippen LogP contribution in [-0.4, -0.2) is 12.9 Å². The second-order valence-corrected chi connectivity index (χ2v) is 5.57. The molecule has 1 saturated carbocycles. The van der Waals surface area contributed by atoms with E-state index in [9.17, 15) is 13.2 Å². The van der Waals surface area contributed by atoms with Crippen molar-refractivity contribution >= 4 is 0 Å². The van der Waals surface area contributed by atoms with Crippen molar-refractivity contribution in [3.8, 4) is 5.75 Å². The maximum absolute atomic E-state index is 12.1. The Bertz CT molecular complexity index is 437. The van der Waals surface area contributed by atoms with Crippen LogP contribution >= 0.6 is 0 Å². The monoisotopic (exact) mass is 287 g/mol. The van der Waals surface area contributed by atoms with Gasteiger partial charge in [-0.05, 0) is 49.3 Å². The van der Waals surface area contributed by atoms with Crippen LogP contribution in [0.3, 0.4) is 0 Å². The lowest BCUT2D eigenvalue weighted by Crippen LogP contribution is -2.26. The van der Waals surface area contributed by atoms with Gasteiger partial charge in [-0.3, -0.25) is 0 Å². The normalized spacial score (nSPS) is 18.6. The van der Waals surface area contributed by atoms with E-state index in [1.165, 1.54) is 31.4 Å². The maximum atomic E-state index is 12.1. The van der Waals surface area contributed by atoms with E-state index in [-0.39, 0.29) is 11.8 Å². The lowest BCUT2D eigenvalue weighted by Gasteiger charge is -2.19. The average Bonchev–Trinajstić information content (AvgIpc) is 3.16. The Hall–Kier alpha value is -1.23. The SMILES string of the molecule is CCC1(CNC(C)c2ccc(OC(F)(F)F)cc2)CC1. The third-order valence-corrected chi connectivity index (χ3v) is 4.10. The van der Waals surface area contributed by atoms with Gasteiger partial charge in [0.15, 0.2) is 0 Å². The van der Waals surface area contributed by atoms with Crippen molar-refractivity contribution in [3.05, 3.63) is 29.8 Å². The van der Waals surface area contributed by atoms with E-state index in [2.05, 4.69) is 17.0 Å². The largest absolute Gasteiger partial charge is 0.573 e. The number of alkyl halides is 3. The standard InChI is InChI=1S/C15H20F3NO/c1-3-14(8-9-14)10-19-11(2)12-4-6-13(7-5-12)20-15(16,17)18/h4-7,11,19H,3,8-10H2,1-2H3. The molecule has 1 unspecified atom stereocenters. The molecule has 1 aliphatic carbocycles. The van der Waals surface area contributed by atoms with Gasteiger partial charge in [-0.25, -0.2) is 0 Å². The van der Waals surface area contributed by atoms with Crippen molar-refractivity contribution < 1.29 is 17.9 Å². The van der Waals surface area contributed by atoms with E-state index in [0.29, 0.717) is 5.41 Å². The zero-order valence-electron chi connectivity index (χ0n) is 11.8. The second kappa shape index (κ2) is 5.64. The Morgan fingerprint density at radius 3 is 2.30 bits per heavy atom. The Morgan fingerprint density at radius 2 is 1.85 bits per heavy atom. The summed E-state index contributed by atoms with van der Waals surface area (Å²) >= 11 is 0. The molecule has 0 spiro atoms.